The molecule has 1 unspecified atom stereocenters. The van der Waals surface area contributed by atoms with Crippen molar-refractivity contribution in [3.05, 3.63) is 58.3 Å². The predicted octanol–water partition coefficient (Wildman–Crippen LogP) is 4.83. The predicted molar refractivity (Wildman–Crippen MR) is 86.9 cm³/mol. The first-order valence-corrected chi connectivity index (χ1v) is 7.26. The van der Waals surface area contributed by atoms with E-state index in [4.69, 9.17) is 0 Å². The minimum Gasteiger partial charge on any atom is -0.377 e. The first-order valence-electron chi connectivity index (χ1n) is 6.47. The topological polar surface area (TPSA) is 15.3 Å². The molecule has 0 fully saturated rings. The standard InChI is InChI=1S/C16H18BrFN2/c1-11(13-10-12(17)8-9-14(13)18)19-15-6-4-5-7-16(15)20(2)3/h4-11,19H,1-3H3. The molecule has 2 aromatic rings. The van der Waals surface area contributed by atoms with Crippen molar-refractivity contribution in [2.24, 2.45) is 0 Å². The highest BCUT2D eigenvalue weighted by molar-refractivity contribution is 9.10. The van der Waals surface area contributed by atoms with Crippen LogP contribution in [-0.4, -0.2) is 14.1 Å². The first kappa shape index (κ1) is 14.9. The third kappa shape index (κ3) is 3.31. The number of nitrogens with one attached hydrogen (secondary N) is 1. The SMILES string of the molecule is CC(Nc1ccccc1N(C)C)c1cc(Br)ccc1F. The summed E-state index contributed by atoms with van der Waals surface area (Å²) in [6.07, 6.45) is 0. The van der Waals surface area contributed by atoms with Crippen molar-refractivity contribution in [2.75, 3.05) is 24.3 Å². The van der Waals surface area contributed by atoms with Crippen molar-refractivity contribution < 1.29 is 4.39 Å². The molecule has 0 amide bonds. The Morgan fingerprint density at radius 1 is 1.15 bits per heavy atom. The molecule has 0 saturated heterocycles. The van der Waals surface area contributed by atoms with E-state index in [9.17, 15) is 4.39 Å². The monoisotopic (exact) mass is 336 g/mol. The van der Waals surface area contributed by atoms with Gasteiger partial charge in [-0.15, -0.1) is 0 Å². The fourth-order valence-corrected chi connectivity index (χ4v) is 2.52. The van der Waals surface area contributed by atoms with Gasteiger partial charge in [-0.25, -0.2) is 4.39 Å². The van der Waals surface area contributed by atoms with Gasteiger partial charge in [0.25, 0.3) is 0 Å². The quantitative estimate of drug-likeness (QED) is 0.860. The number of hydrogen-bond donors (Lipinski definition) is 1. The van der Waals surface area contributed by atoms with E-state index >= 15 is 0 Å². The van der Waals surface area contributed by atoms with E-state index in [1.807, 2.05) is 56.3 Å². The molecule has 4 heteroatoms. The van der Waals surface area contributed by atoms with Crippen LogP contribution in [0.25, 0.3) is 0 Å². The minimum absolute atomic E-state index is 0.117. The second-order valence-electron chi connectivity index (χ2n) is 4.94. The minimum atomic E-state index is -0.199. The zero-order valence-electron chi connectivity index (χ0n) is 11.8. The number of anilines is 2. The van der Waals surface area contributed by atoms with Gasteiger partial charge in [0.2, 0.25) is 0 Å². The van der Waals surface area contributed by atoms with Crippen molar-refractivity contribution in [3.63, 3.8) is 0 Å². The van der Waals surface area contributed by atoms with Crippen LogP contribution in [0.5, 0.6) is 0 Å². The molecule has 2 rings (SSSR count). The van der Waals surface area contributed by atoms with Gasteiger partial charge in [0.15, 0.2) is 0 Å². The third-order valence-corrected chi connectivity index (χ3v) is 3.68. The molecule has 0 aromatic heterocycles. The van der Waals surface area contributed by atoms with Gasteiger partial charge in [-0.05, 0) is 37.3 Å². The molecule has 0 aliphatic carbocycles. The van der Waals surface area contributed by atoms with Crippen molar-refractivity contribution in [3.8, 4) is 0 Å². The molecule has 0 aliphatic rings. The zero-order valence-corrected chi connectivity index (χ0v) is 13.4. The van der Waals surface area contributed by atoms with Crippen LogP contribution in [0, 0.1) is 5.82 Å². The summed E-state index contributed by atoms with van der Waals surface area (Å²) in [5.41, 5.74) is 2.71. The molecule has 106 valence electrons. The molecule has 2 nitrogen and oxygen atoms in total. The number of rotatable bonds is 4. The number of hydrogen-bond acceptors (Lipinski definition) is 2. The molecule has 1 atom stereocenters. The third-order valence-electron chi connectivity index (χ3n) is 3.18. The average molecular weight is 337 g/mol. The summed E-state index contributed by atoms with van der Waals surface area (Å²) in [6.45, 7) is 1.96. The van der Waals surface area contributed by atoms with Crippen LogP contribution in [-0.2, 0) is 0 Å². The van der Waals surface area contributed by atoms with Crippen LogP contribution in [0.15, 0.2) is 46.9 Å². The molecular formula is C16H18BrFN2. The van der Waals surface area contributed by atoms with Gasteiger partial charge in [0.05, 0.1) is 17.4 Å². The van der Waals surface area contributed by atoms with Gasteiger partial charge in [0, 0.05) is 24.1 Å². The Morgan fingerprint density at radius 2 is 1.85 bits per heavy atom. The molecule has 0 spiro atoms. The van der Waals surface area contributed by atoms with E-state index in [1.54, 1.807) is 6.07 Å². The number of para-hydroxylation sites is 2. The van der Waals surface area contributed by atoms with Gasteiger partial charge in [0.1, 0.15) is 5.82 Å². The Kier molecular flexibility index (Phi) is 4.65. The van der Waals surface area contributed by atoms with Crippen LogP contribution >= 0.6 is 15.9 Å². The second-order valence-corrected chi connectivity index (χ2v) is 5.86. The van der Waals surface area contributed by atoms with Crippen LogP contribution in [0.3, 0.4) is 0 Å². The number of nitrogens with zero attached hydrogens (tertiary/aromatic N) is 1. The molecule has 0 saturated carbocycles. The van der Waals surface area contributed by atoms with Crippen molar-refractivity contribution in [1.29, 1.82) is 0 Å². The lowest BCUT2D eigenvalue weighted by molar-refractivity contribution is 0.600. The normalized spacial score (nSPS) is 12.1. The summed E-state index contributed by atoms with van der Waals surface area (Å²) in [5.74, 6) is -0.199. The van der Waals surface area contributed by atoms with E-state index in [-0.39, 0.29) is 11.9 Å². The molecule has 2 aromatic carbocycles. The molecule has 0 radical (unpaired) electrons. The zero-order chi connectivity index (χ0) is 14.7. The molecular weight excluding hydrogens is 319 g/mol. The van der Waals surface area contributed by atoms with E-state index in [0.717, 1.165) is 15.8 Å². The summed E-state index contributed by atoms with van der Waals surface area (Å²) < 4.78 is 14.8. The maximum absolute atomic E-state index is 13.9. The highest BCUT2D eigenvalue weighted by atomic mass is 79.9. The Balaban J connectivity index is 2.28. The summed E-state index contributed by atoms with van der Waals surface area (Å²) in [6, 6.07) is 12.9. The molecule has 0 heterocycles. The van der Waals surface area contributed by atoms with Crippen LogP contribution in [0.2, 0.25) is 0 Å². The van der Waals surface area contributed by atoms with Crippen molar-refractivity contribution in [1.82, 2.24) is 0 Å². The largest absolute Gasteiger partial charge is 0.377 e. The molecule has 20 heavy (non-hydrogen) atoms. The molecule has 1 N–H and O–H groups in total. The fraction of sp³-hybridized carbons (Fsp3) is 0.250. The lowest BCUT2D eigenvalue weighted by Gasteiger charge is -2.22. The van der Waals surface area contributed by atoms with Crippen molar-refractivity contribution in [2.45, 2.75) is 13.0 Å². The average Bonchev–Trinajstić information content (AvgIpc) is 2.41. The maximum Gasteiger partial charge on any atom is 0.128 e. The molecule has 0 aliphatic heterocycles. The highest BCUT2D eigenvalue weighted by Crippen LogP contribution is 2.29. The Hall–Kier alpha value is -1.55. The van der Waals surface area contributed by atoms with E-state index in [1.165, 1.54) is 6.07 Å². The fourth-order valence-electron chi connectivity index (χ4n) is 2.14. The van der Waals surface area contributed by atoms with Crippen molar-refractivity contribution >= 4 is 27.3 Å². The summed E-state index contributed by atoms with van der Waals surface area (Å²) in [4.78, 5) is 2.03. The van der Waals surface area contributed by atoms with Crippen LogP contribution < -0.4 is 10.2 Å². The van der Waals surface area contributed by atoms with Gasteiger partial charge in [-0.2, -0.15) is 0 Å². The summed E-state index contributed by atoms with van der Waals surface area (Å²) >= 11 is 3.39. The maximum atomic E-state index is 13.9. The number of halogens is 2. The van der Waals surface area contributed by atoms with Crippen LogP contribution in [0.1, 0.15) is 18.5 Å². The van der Waals surface area contributed by atoms with E-state index < -0.39 is 0 Å². The number of benzene rings is 2. The van der Waals surface area contributed by atoms with Gasteiger partial charge in [-0.3, -0.25) is 0 Å². The highest BCUT2D eigenvalue weighted by Gasteiger charge is 2.13. The summed E-state index contributed by atoms with van der Waals surface area (Å²) in [7, 11) is 3.98. The Morgan fingerprint density at radius 3 is 2.55 bits per heavy atom. The smallest absolute Gasteiger partial charge is 0.128 e. The van der Waals surface area contributed by atoms with E-state index in [2.05, 4.69) is 21.2 Å². The first-order chi connectivity index (χ1) is 9.49. The van der Waals surface area contributed by atoms with Gasteiger partial charge >= 0.3 is 0 Å². The second kappa shape index (κ2) is 6.27. The van der Waals surface area contributed by atoms with Crippen LogP contribution in [0.4, 0.5) is 15.8 Å². The summed E-state index contributed by atoms with van der Waals surface area (Å²) in [5, 5.41) is 3.37. The van der Waals surface area contributed by atoms with Gasteiger partial charge in [-0.1, -0.05) is 28.1 Å². The Labute approximate surface area is 127 Å². The lowest BCUT2D eigenvalue weighted by Crippen LogP contribution is -2.14. The Bertz CT molecular complexity index is 599. The van der Waals surface area contributed by atoms with E-state index in [0.29, 0.717) is 5.56 Å². The van der Waals surface area contributed by atoms with Gasteiger partial charge < -0.3 is 10.2 Å². The molecule has 0 bridgehead atoms. The lowest BCUT2D eigenvalue weighted by atomic mass is 10.1.